The summed E-state index contributed by atoms with van der Waals surface area (Å²) in [6.45, 7) is 2.05. The number of rotatable bonds is 5. The first-order valence-electron chi connectivity index (χ1n) is 3.49. The quantitative estimate of drug-likeness (QED) is 0.454. The van der Waals surface area contributed by atoms with E-state index in [4.69, 9.17) is 10.5 Å². The minimum absolute atomic E-state index is 0.173. The summed E-state index contributed by atoms with van der Waals surface area (Å²) in [7, 11) is 0. The Hall–Kier alpha value is -0.860. The summed E-state index contributed by atoms with van der Waals surface area (Å²) in [4.78, 5) is 10.1. The van der Waals surface area contributed by atoms with Crippen LogP contribution in [0, 0.1) is 5.41 Å². The third kappa shape index (κ3) is 4.06. The van der Waals surface area contributed by atoms with E-state index in [0.717, 1.165) is 19.3 Å². The van der Waals surface area contributed by atoms with Gasteiger partial charge in [0.05, 0.1) is 0 Å². The van der Waals surface area contributed by atoms with Crippen LogP contribution < -0.4 is 0 Å². The van der Waals surface area contributed by atoms with Gasteiger partial charge in [-0.1, -0.05) is 19.8 Å². The first kappa shape index (κ1) is 9.14. The Bertz CT molecular complexity index is 132. The van der Waals surface area contributed by atoms with E-state index in [1.807, 2.05) is 6.92 Å². The van der Waals surface area contributed by atoms with Crippen LogP contribution >= 0.6 is 0 Å². The molecule has 2 N–H and O–H groups in total. The Morgan fingerprint density at radius 1 is 1.50 bits per heavy atom. The molecule has 58 valence electrons. The molecule has 0 radical (unpaired) electrons. The van der Waals surface area contributed by atoms with Gasteiger partial charge < -0.3 is 5.11 Å². The number of hydrogen-bond acceptors (Lipinski definition) is 2. The first-order chi connectivity index (χ1) is 4.68. The van der Waals surface area contributed by atoms with E-state index in [1.54, 1.807) is 0 Å². The fourth-order valence-corrected chi connectivity index (χ4v) is 0.659. The molecule has 3 heteroatoms. The van der Waals surface area contributed by atoms with E-state index in [1.165, 1.54) is 0 Å². The summed E-state index contributed by atoms with van der Waals surface area (Å²) in [5.41, 5.74) is -0.173. The van der Waals surface area contributed by atoms with Crippen LogP contribution in [0.3, 0.4) is 0 Å². The summed E-state index contributed by atoms with van der Waals surface area (Å²) < 4.78 is 0. The van der Waals surface area contributed by atoms with Gasteiger partial charge in [-0.2, -0.15) is 0 Å². The minimum Gasteiger partial charge on any atom is -0.477 e. The largest absolute Gasteiger partial charge is 0.477 e. The zero-order valence-corrected chi connectivity index (χ0v) is 6.18. The Balaban J connectivity index is 3.31. The molecule has 0 saturated carbocycles. The Morgan fingerprint density at radius 3 is 2.50 bits per heavy atom. The Kier molecular flexibility index (Phi) is 4.54. The molecule has 0 saturated heterocycles. The van der Waals surface area contributed by atoms with Crippen LogP contribution in [0.25, 0.3) is 0 Å². The Morgan fingerprint density at radius 2 is 2.10 bits per heavy atom. The van der Waals surface area contributed by atoms with Crippen molar-refractivity contribution in [3.8, 4) is 0 Å². The number of carbonyl (C=O) groups is 1. The highest BCUT2D eigenvalue weighted by Crippen LogP contribution is 1.99. The summed E-state index contributed by atoms with van der Waals surface area (Å²) in [6.07, 6.45) is 3.30. The zero-order valence-electron chi connectivity index (χ0n) is 6.18. The lowest BCUT2D eigenvalue weighted by atomic mass is 10.1. The highest BCUT2D eigenvalue weighted by atomic mass is 16.4. The van der Waals surface area contributed by atoms with E-state index in [9.17, 15) is 4.79 Å². The molecular formula is C7H13NO2. The van der Waals surface area contributed by atoms with Gasteiger partial charge in [0.2, 0.25) is 0 Å². The molecule has 0 aliphatic heterocycles. The average Bonchev–Trinajstić information content (AvgIpc) is 1.88. The second-order valence-electron chi connectivity index (χ2n) is 2.24. The van der Waals surface area contributed by atoms with Crippen molar-refractivity contribution in [1.29, 1.82) is 5.41 Å². The zero-order chi connectivity index (χ0) is 7.98. The molecule has 0 aromatic rings. The number of unbranched alkanes of at least 4 members (excludes halogenated alkanes) is 2. The van der Waals surface area contributed by atoms with Crippen molar-refractivity contribution in [2.45, 2.75) is 32.6 Å². The molecule has 10 heavy (non-hydrogen) atoms. The number of carboxylic acid groups (broad SMARTS) is 1. The second kappa shape index (κ2) is 4.97. The third-order valence-electron chi connectivity index (χ3n) is 1.29. The topological polar surface area (TPSA) is 61.2 Å². The molecule has 0 heterocycles. The van der Waals surface area contributed by atoms with Crippen LogP contribution in [-0.2, 0) is 4.79 Å². The lowest BCUT2D eigenvalue weighted by molar-refractivity contribution is -0.129. The minimum atomic E-state index is -1.09. The number of hydrogen-bond donors (Lipinski definition) is 2. The molecular weight excluding hydrogens is 130 g/mol. The molecule has 0 bridgehead atoms. The van der Waals surface area contributed by atoms with E-state index < -0.39 is 5.97 Å². The first-order valence-corrected chi connectivity index (χ1v) is 3.49. The molecule has 0 unspecified atom stereocenters. The molecule has 0 aliphatic rings. The van der Waals surface area contributed by atoms with Gasteiger partial charge in [-0.25, -0.2) is 4.79 Å². The van der Waals surface area contributed by atoms with Crippen molar-refractivity contribution in [1.82, 2.24) is 0 Å². The summed E-state index contributed by atoms with van der Waals surface area (Å²) in [5.74, 6) is -1.09. The van der Waals surface area contributed by atoms with Crippen molar-refractivity contribution in [2.75, 3.05) is 0 Å². The van der Waals surface area contributed by atoms with Gasteiger partial charge in [0.1, 0.15) is 5.71 Å². The van der Waals surface area contributed by atoms with E-state index in [-0.39, 0.29) is 5.71 Å². The van der Waals surface area contributed by atoms with Crippen molar-refractivity contribution in [2.24, 2.45) is 0 Å². The second-order valence-corrected chi connectivity index (χ2v) is 2.24. The number of carboxylic acids is 1. The van der Waals surface area contributed by atoms with Crippen LogP contribution in [0.2, 0.25) is 0 Å². The molecule has 0 amide bonds. The molecule has 0 atom stereocenters. The van der Waals surface area contributed by atoms with E-state index in [0.29, 0.717) is 6.42 Å². The van der Waals surface area contributed by atoms with Gasteiger partial charge in [0.25, 0.3) is 0 Å². The maximum Gasteiger partial charge on any atom is 0.349 e. The van der Waals surface area contributed by atoms with Gasteiger partial charge >= 0.3 is 5.97 Å². The van der Waals surface area contributed by atoms with Gasteiger partial charge in [0.15, 0.2) is 0 Å². The predicted octanol–water partition coefficient (Wildman–Crippen LogP) is 1.67. The number of nitrogens with one attached hydrogen (secondary N) is 1. The smallest absolute Gasteiger partial charge is 0.349 e. The fraction of sp³-hybridized carbons (Fsp3) is 0.714. The van der Waals surface area contributed by atoms with Gasteiger partial charge in [-0.05, 0) is 12.8 Å². The van der Waals surface area contributed by atoms with Gasteiger partial charge in [0, 0.05) is 0 Å². The lowest BCUT2D eigenvalue weighted by Crippen LogP contribution is -2.10. The van der Waals surface area contributed by atoms with Crippen LogP contribution in [0.15, 0.2) is 0 Å². The predicted molar refractivity (Wildman–Crippen MR) is 39.5 cm³/mol. The SMILES string of the molecule is CCCCCC(=N)C(=O)O. The molecule has 0 rings (SSSR count). The summed E-state index contributed by atoms with van der Waals surface area (Å²) >= 11 is 0. The van der Waals surface area contributed by atoms with E-state index in [2.05, 4.69) is 0 Å². The molecule has 0 spiro atoms. The fourth-order valence-electron chi connectivity index (χ4n) is 0.659. The number of aliphatic carboxylic acids is 1. The van der Waals surface area contributed by atoms with Crippen LogP contribution in [0.1, 0.15) is 32.6 Å². The lowest BCUT2D eigenvalue weighted by Gasteiger charge is -1.95. The molecule has 0 aliphatic carbocycles. The highest BCUT2D eigenvalue weighted by molar-refractivity contribution is 6.34. The maximum atomic E-state index is 10.1. The van der Waals surface area contributed by atoms with Crippen molar-refractivity contribution in [3.63, 3.8) is 0 Å². The standard InChI is InChI=1S/C7H13NO2/c1-2-3-4-5-6(8)7(9)10/h8H,2-5H2,1H3,(H,9,10). The molecule has 3 nitrogen and oxygen atoms in total. The van der Waals surface area contributed by atoms with Crippen molar-refractivity contribution < 1.29 is 9.90 Å². The Labute approximate surface area is 60.6 Å². The average molecular weight is 143 g/mol. The summed E-state index contributed by atoms with van der Waals surface area (Å²) in [5, 5.41) is 15.2. The monoisotopic (exact) mass is 143 g/mol. The van der Waals surface area contributed by atoms with Gasteiger partial charge in [-0.3, -0.25) is 5.41 Å². The molecule has 0 fully saturated rings. The maximum absolute atomic E-state index is 10.1. The van der Waals surface area contributed by atoms with Crippen molar-refractivity contribution >= 4 is 11.7 Å². The molecule has 0 aromatic heterocycles. The molecule has 0 aromatic carbocycles. The normalized spacial score (nSPS) is 9.30. The van der Waals surface area contributed by atoms with Gasteiger partial charge in [-0.15, -0.1) is 0 Å². The van der Waals surface area contributed by atoms with Crippen molar-refractivity contribution in [3.05, 3.63) is 0 Å². The van der Waals surface area contributed by atoms with E-state index >= 15 is 0 Å². The third-order valence-corrected chi connectivity index (χ3v) is 1.29. The van der Waals surface area contributed by atoms with Crippen LogP contribution in [-0.4, -0.2) is 16.8 Å². The highest BCUT2D eigenvalue weighted by Gasteiger charge is 2.04. The van der Waals surface area contributed by atoms with Crippen LogP contribution in [0.4, 0.5) is 0 Å². The van der Waals surface area contributed by atoms with Crippen LogP contribution in [0.5, 0.6) is 0 Å². The summed E-state index contributed by atoms with van der Waals surface area (Å²) in [6, 6.07) is 0.